The summed E-state index contributed by atoms with van der Waals surface area (Å²) in [6.07, 6.45) is 3.21. The summed E-state index contributed by atoms with van der Waals surface area (Å²) in [5.74, 6) is -0.732. The molecule has 0 unspecified atom stereocenters. The van der Waals surface area contributed by atoms with Gasteiger partial charge in [0, 0.05) is 38.3 Å². The maximum Gasteiger partial charge on any atom is 0.241 e. The van der Waals surface area contributed by atoms with Crippen LogP contribution in [0.25, 0.3) is 0 Å². The molecule has 0 aliphatic carbocycles. The van der Waals surface area contributed by atoms with E-state index in [1.165, 1.54) is 4.90 Å². The summed E-state index contributed by atoms with van der Waals surface area (Å²) >= 11 is 0. The molecule has 1 aromatic carbocycles. The van der Waals surface area contributed by atoms with E-state index in [1.807, 2.05) is 45.0 Å². The third-order valence-electron chi connectivity index (χ3n) is 5.81. The Balaban J connectivity index is 2.00. The third-order valence-corrected chi connectivity index (χ3v) is 5.81. The molecule has 162 valence electrons. The summed E-state index contributed by atoms with van der Waals surface area (Å²) < 4.78 is 0. The molecule has 1 aliphatic heterocycles. The van der Waals surface area contributed by atoms with Crippen LogP contribution in [0.4, 0.5) is 0 Å². The van der Waals surface area contributed by atoms with Gasteiger partial charge >= 0.3 is 0 Å². The molecule has 0 radical (unpaired) electrons. The van der Waals surface area contributed by atoms with Crippen molar-refractivity contribution in [2.45, 2.75) is 45.6 Å². The van der Waals surface area contributed by atoms with Crippen molar-refractivity contribution >= 4 is 17.7 Å². The van der Waals surface area contributed by atoms with Crippen LogP contribution >= 0.6 is 0 Å². The first kappa shape index (κ1) is 22.4. The lowest BCUT2D eigenvalue weighted by atomic mass is 9.74. The van der Waals surface area contributed by atoms with E-state index < -0.39 is 5.41 Å². The first-order chi connectivity index (χ1) is 14.8. The number of amides is 3. The van der Waals surface area contributed by atoms with Gasteiger partial charge in [-0.05, 0) is 49.6 Å². The zero-order chi connectivity index (χ0) is 22.6. The van der Waals surface area contributed by atoms with Crippen LogP contribution in [-0.2, 0) is 26.3 Å². The second-order valence-electron chi connectivity index (χ2n) is 8.26. The number of imide groups is 1. The molecular formula is C25H29N3O3. The Kier molecular flexibility index (Phi) is 6.68. The second-order valence-corrected chi connectivity index (χ2v) is 8.26. The van der Waals surface area contributed by atoms with Gasteiger partial charge in [-0.3, -0.25) is 24.3 Å². The van der Waals surface area contributed by atoms with Gasteiger partial charge in [0.25, 0.3) is 0 Å². The van der Waals surface area contributed by atoms with Gasteiger partial charge in [-0.15, -0.1) is 0 Å². The van der Waals surface area contributed by atoms with E-state index in [2.05, 4.69) is 11.6 Å². The number of hydrogen-bond donors (Lipinski definition) is 0. The van der Waals surface area contributed by atoms with E-state index in [-0.39, 0.29) is 37.1 Å². The first-order valence-corrected chi connectivity index (χ1v) is 10.5. The van der Waals surface area contributed by atoms with Gasteiger partial charge in [0.2, 0.25) is 17.7 Å². The Bertz CT molecular complexity index is 1000. The summed E-state index contributed by atoms with van der Waals surface area (Å²) in [5, 5.41) is 0. The number of nitrogens with zero attached hydrogens (tertiary/aromatic N) is 3. The molecule has 0 N–H and O–H groups in total. The van der Waals surface area contributed by atoms with Crippen LogP contribution in [0, 0.1) is 6.92 Å². The molecular weight excluding hydrogens is 390 g/mol. The summed E-state index contributed by atoms with van der Waals surface area (Å²) in [5.41, 5.74) is 2.12. The maximum atomic E-state index is 13.8. The van der Waals surface area contributed by atoms with E-state index in [1.54, 1.807) is 29.4 Å². The van der Waals surface area contributed by atoms with Gasteiger partial charge in [0.15, 0.2) is 0 Å². The normalized spacial score (nSPS) is 18.4. The Morgan fingerprint density at radius 3 is 2.48 bits per heavy atom. The minimum absolute atomic E-state index is 0.0157. The molecule has 3 amide bonds. The quantitative estimate of drug-likeness (QED) is 0.486. The van der Waals surface area contributed by atoms with Gasteiger partial charge in [-0.1, -0.05) is 36.4 Å². The lowest BCUT2D eigenvalue weighted by Crippen LogP contribution is -2.44. The molecule has 1 aromatic heterocycles. The highest BCUT2D eigenvalue weighted by molar-refractivity contribution is 6.10. The number of likely N-dealkylation sites (tertiary alicyclic amines) is 1. The van der Waals surface area contributed by atoms with Gasteiger partial charge in [0.05, 0.1) is 12.0 Å². The van der Waals surface area contributed by atoms with Crippen molar-refractivity contribution in [3.05, 3.63) is 77.6 Å². The van der Waals surface area contributed by atoms with Crippen LogP contribution in [0.15, 0.2) is 60.9 Å². The number of carbonyl (C=O) groups is 3. The number of likely N-dealkylation sites (N-methyl/N-ethyl adjacent to an activating group) is 1. The number of aromatic nitrogens is 1. The van der Waals surface area contributed by atoms with Crippen molar-refractivity contribution in [1.29, 1.82) is 0 Å². The van der Waals surface area contributed by atoms with Crippen LogP contribution in [-0.4, -0.2) is 45.6 Å². The smallest absolute Gasteiger partial charge is 0.241 e. The molecule has 2 heterocycles. The largest absolute Gasteiger partial charge is 0.339 e. The molecule has 6 heteroatoms. The van der Waals surface area contributed by atoms with E-state index in [4.69, 9.17) is 0 Å². The number of rotatable bonds is 8. The lowest BCUT2D eigenvalue weighted by Gasteiger charge is -2.31. The van der Waals surface area contributed by atoms with Crippen molar-refractivity contribution in [1.82, 2.24) is 14.8 Å². The number of hydrogen-bond acceptors (Lipinski definition) is 4. The van der Waals surface area contributed by atoms with Gasteiger partial charge in [-0.25, -0.2) is 0 Å². The zero-order valence-electron chi connectivity index (χ0n) is 18.4. The van der Waals surface area contributed by atoms with E-state index >= 15 is 0 Å². The monoisotopic (exact) mass is 419 g/mol. The summed E-state index contributed by atoms with van der Waals surface area (Å²) in [4.78, 5) is 47.0. The fraction of sp³-hybridized carbons (Fsp3) is 0.360. The second kappa shape index (κ2) is 9.25. The summed E-state index contributed by atoms with van der Waals surface area (Å²) in [7, 11) is 0. The zero-order valence-corrected chi connectivity index (χ0v) is 18.4. The van der Waals surface area contributed by atoms with Gasteiger partial charge in [0.1, 0.15) is 0 Å². The number of carbonyl (C=O) groups excluding carboxylic acids is 3. The standard InChI is InChI=1S/C25H29N3O3/c1-5-27(16-18(2)3)22(29)14-25(21-9-7-6-8-19(21)4)15-23(30)28(24(25)31)17-20-10-12-26-13-11-20/h6-13H,2,5,14-17H2,1,3-4H3/t25-/m0/s1. The highest BCUT2D eigenvalue weighted by Crippen LogP contribution is 2.42. The topological polar surface area (TPSA) is 70.6 Å². The highest BCUT2D eigenvalue weighted by atomic mass is 16.2. The van der Waals surface area contributed by atoms with Crippen LogP contribution in [0.2, 0.25) is 0 Å². The van der Waals surface area contributed by atoms with Gasteiger partial charge in [-0.2, -0.15) is 0 Å². The minimum atomic E-state index is -1.20. The third kappa shape index (κ3) is 4.58. The molecule has 0 bridgehead atoms. The maximum absolute atomic E-state index is 13.8. The minimum Gasteiger partial charge on any atom is -0.339 e. The van der Waals surface area contributed by atoms with Crippen LogP contribution in [0.3, 0.4) is 0 Å². The molecule has 6 nitrogen and oxygen atoms in total. The fourth-order valence-electron chi connectivity index (χ4n) is 4.26. The number of aryl methyl sites for hydroxylation is 1. The molecule has 31 heavy (non-hydrogen) atoms. The van der Waals surface area contributed by atoms with Crippen LogP contribution in [0.1, 0.15) is 43.4 Å². The Hall–Kier alpha value is -3.28. The average Bonchev–Trinajstić information content (AvgIpc) is 2.97. The molecule has 1 atom stereocenters. The van der Waals surface area contributed by atoms with Crippen molar-refractivity contribution in [2.24, 2.45) is 0 Å². The van der Waals surface area contributed by atoms with Crippen molar-refractivity contribution in [3.63, 3.8) is 0 Å². The van der Waals surface area contributed by atoms with Crippen LogP contribution in [0.5, 0.6) is 0 Å². The number of benzene rings is 1. The molecule has 0 spiro atoms. The van der Waals surface area contributed by atoms with E-state index in [0.717, 1.165) is 22.3 Å². The lowest BCUT2D eigenvalue weighted by molar-refractivity contribution is -0.143. The van der Waals surface area contributed by atoms with Crippen molar-refractivity contribution in [3.8, 4) is 0 Å². The van der Waals surface area contributed by atoms with Crippen molar-refractivity contribution in [2.75, 3.05) is 13.1 Å². The fourth-order valence-corrected chi connectivity index (χ4v) is 4.26. The molecule has 0 saturated carbocycles. The Morgan fingerprint density at radius 1 is 1.19 bits per heavy atom. The van der Waals surface area contributed by atoms with E-state index in [9.17, 15) is 14.4 Å². The summed E-state index contributed by atoms with van der Waals surface area (Å²) in [6.45, 7) is 10.7. The van der Waals surface area contributed by atoms with E-state index in [0.29, 0.717) is 13.1 Å². The Labute approximate surface area is 183 Å². The van der Waals surface area contributed by atoms with Crippen molar-refractivity contribution < 1.29 is 14.4 Å². The highest BCUT2D eigenvalue weighted by Gasteiger charge is 2.54. The first-order valence-electron chi connectivity index (χ1n) is 10.5. The Morgan fingerprint density at radius 2 is 1.87 bits per heavy atom. The molecule has 1 fully saturated rings. The van der Waals surface area contributed by atoms with Crippen LogP contribution < -0.4 is 0 Å². The molecule has 1 aliphatic rings. The predicted molar refractivity (Wildman–Crippen MR) is 119 cm³/mol. The average molecular weight is 420 g/mol. The molecule has 3 rings (SSSR count). The number of pyridine rings is 1. The van der Waals surface area contributed by atoms with Gasteiger partial charge < -0.3 is 4.90 Å². The predicted octanol–water partition coefficient (Wildman–Crippen LogP) is 3.40. The summed E-state index contributed by atoms with van der Waals surface area (Å²) in [6, 6.07) is 11.1. The SMILES string of the molecule is C=C(C)CN(CC)C(=O)C[C@@]1(c2ccccc2C)CC(=O)N(Cc2ccncc2)C1=O. The molecule has 2 aromatic rings. The molecule has 1 saturated heterocycles.